The number of aliphatic carboxylic acids is 2. The van der Waals surface area contributed by atoms with Gasteiger partial charge in [0.2, 0.25) is 0 Å². The number of nitrogens with zero attached hydrogens (tertiary/aromatic N) is 1. The van der Waals surface area contributed by atoms with E-state index in [1.807, 2.05) is 0 Å². The van der Waals surface area contributed by atoms with Gasteiger partial charge in [-0.3, -0.25) is 14.5 Å². The number of hydrogen-bond acceptors (Lipinski definition) is 5. The summed E-state index contributed by atoms with van der Waals surface area (Å²) in [7, 11) is 0. The fraction of sp³-hybridized carbons (Fsp3) is 0.273. The van der Waals surface area contributed by atoms with Crippen LogP contribution in [-0.2, 0) is 16.1 Å². The van der Waals surface area contributed by atoms with Crippen LogP contribution in [0.15, 0.2) is 18.2 Å². The van der Waals surface area contributed by atoms with Crippen LogP contribution in [0, 0.1) is 0 Å². The van der Waals surface area contributed by atoms with E-state index >= 15 is 0 Å². The number of carbonyl (C=O) groups is 2. The molecule has 0 unspecified atom stereocenters. The molecule has 0 aliphatic heterocycles. The fourth-order valence-electron chi connectivity index (χ4n) is 1.48. The first kappa shape index (κ1) is 13.8. The molecule has 7 nitrogen and oxygen atoms in total. The van der Waals surface area contributed by atoms with Crippen LogP contribution in [0.25, 0.3) is 0 Å². The number of carboxylic acid groups (broad SMARTS) is 2. The molecular weight excluding hydrogens is 242 g/mol. The maximum Gasteiger partial charge on any atom is 0.317 e. The number of hydrogen-bond donors (Lipinski definition) is 4. The molecule has 0 amide bonds. The largest absolute Gasteiger partial charge is 0.508 e. The van der Waals surface area contributed by atoms with E-state index < -0.39 is 25.0 Å². The number of benzene rings is 1. The predicted molar refractivity (Wildman–Crippen MR) is 60.3 cm³/mol. The van der Waals surface area contributed by atoms with Crippen molar-refractivity contribution in [3.8, 4) is 11.5 Å². The molecule has 7 heteroatoms. The van der Waals surface area contributed by atoms with Crippen molar-refractivity contribution in [2.45, 2.75) is 6.54 Å². The molecule has 0 bridgehead atoms. The van der Waals surface area contributed by atoms with Gasteiger partial charge in [0.05, 0.1) is 13.1 Å². The molecule has 1 aromatic carbocycles. The van der Waals surface area contributed by atoms with Gasteiger partial charge in [-0.05, 0) is 6.07 Å². The number of phenols is 2. The lowest BCUT2D eigenvalue weighted by molar-refractivity contribution is -0.142. The van der Waals surface area contributed by atoms with Gasteiger partial charge in [0.15, 0.2) is 0 Å². The Labute approximate surface area is 103 Å². The van der Waals surface area contributed by atoms with Crippen LogP contribution in [0.4, 0.5) is 0 Å². The molecule has 0 aliphatic carbocycles. The molecule has 0 saturated heterocycles. The summed E-state index contributed by atoms with van der Waals surface area (Å²) in [4.78, 5) is 22.3. The molecule has 98 valence electrons. The Morgan fingerprint density at radius 2 is 1.61 bits per heavy atom. The van der Waals surface area contributed by atoms with E-state index in [4.69, 9.17) is 15.3 Å². The van der Waals surface area contributed by atoms with Crippen molar-refractivity contribution in [3.63, 3.8) is 0 Å². The Kier molecular flexibility index (Phi) is 4.50. The van der Waals surface area contributed by atoms with Crippen molar-refractivity contribution >= 4 is 11.9 Å². The highest BCUT2D eigenvalue weighted by atomic mass is 16.4. The topological polar surface area (TPSA) is 118 Å². The Morgan fingerprint density at radius 3 is 2.06 bits per heavy atom. The number of phenolic OH excluding ortho intramolecular Hbond substituents is 2. The Bertz CT molecular complexity index is 443. The normalized spacial score (nSPS) is 10.5. The zero-order chi connectivity index (χ0) is 13.7. The highest BCUT2D eigenvalue weighted by Crippen LogP contribution is 2.23. The van der Waals surface area contributed by atoms with E-state index in [0.29, 0.717) is 5.56 Å². The van der Waals surface area contributed by atoms with E-state index in [1.165, 1.54) is 12.1 Å². The Hall–Kier alpha value is -2.28. The molecule has 1 aromatic rings. The summed E-state index contributed by atoms with van der Waals surface area (Å²) in [5.74, 6) is -2.65. The molecule has 0 aromatic heterocycles. The third kappa shape index (κ3) is 4.30. The number of carboxylic acids is 2. The van der Waals surface area contributed by atoms with Crippen molar-refractivity contribution in [1.29, 1.82) is 0 Å². The lowest BCUT2D eigenvalue weighted by atomic mass is 10.1. The van der Waals surface area contributed by atoms with Crippen LogP contribution in [0.5, 0.6) is 11.5 Å². The summed E-state index contributed by atoms with van der Waals surface area (Å²) in [5.41, 5.74) is 0.343. The summed E-state index contributed by atoms with van der Waals surface area (Å²) in [5, 5.41) is 35.9. The minimum Gasteiger partial charge on any atom is -0.508 e. The second kappa shape index (κ2) is 5.87. The molecule has 0 spiro atoms. The molecule has 1 rings (SSSR count). The van der Waals surface area contributed by atoms with E-state index in [0.717, 1.165) is 11.0 Å². The minimum atomic E-state index is -1.16. The lowest BCUT2D eigenvalue weighted by Gasteiger charge is -2.18. The second-order valence-corrected chi connectivity index (χ2v) is 3.75. The molecule has 0 fully saturated rings. The molecule has 0 aliphatic rings. The van der Waals surface area contributed by atoms with Gasteiger partial charge in [0.25, 0.3) is 0 Å². The minimum absolute atomic E-state index is 0.0370. The molecule has 0 atom stereocenters. The molecule has 0 radical (unpaired) electrons. The average molecular weight is 255 g/mol. The summed E-state index contributed by atoms with van der Waals surface area (Å²) >= 11 is 0. The smallest absolute Gasteiger partial charge is 0.317 e. The Balaban J connectivity index is 2.81. The van der Waals surface area contributed by atoms with Crippen LogP contribution in [0.3, 0.4) is 0 Å². The van der Waals surface area contributed by atoms with Gasteiger partial charge in [-0.25, -0.2) is 0 Å². The zero-order valence-electron chi connectivity index (χ0n) is 9.41. The average Bonchev–Trinajstić information content (AvgIpc) is 2.20. The van der Waals surface area contributed by atoms with E-state index in [1.54, 1.807) is 0 Å². The van der Waals surface area contributed by atoms with Gasteiger partial charge < -0.3 is 20.4 Å². The van der Waals surface area contributed by atoms with Gasteiger partial charge in [0, 0.05) is 18.2 Å². The molecule has 0 heterocycles. The summed E-state index contributed by atoms with van der Waals surface area (Å²) in [6.45, 7) is -0.941. The monoisotopic (exact) mass is 255 g/mol. The van der Waals surface area contributed by atoms with Crippen molar-refractivity contribution in [1.82, 2.24) is 4.90 Å². The second-order valence-electron chi connectivity index (χ2n) is 3.75. The molecule has 0 saturated carbocycles. The highest BCUT2D eigenvalue weighted by Gasteiger charge is 2.15. The summed E-state index contributed by atoms with van der Waals surface area (Å²) in [6, 6.07) is 3.84. The third-order valence-corrected chi connectivity index (χ3v) is 2.18. The number of aromatic hydroxyl groups is 2. The molecular formula is C11H13NO6. The van der Waals surface area contributed by atoms with Gasteiger partial charge in [-0.2, -0.15) is 0 Å². The summed E-state index contributed by atoms with van der Waals surface area (Å²) in [6.07, 6.45) is 0. The quantitative estimate of drug-likeness (QED) is 0.568. The fourth-order valence-corrected chi connectivity index (χ4v) is 1.48. The van der Waals surface area contributed by atoms with Crippen LogP contribution < -0.4 is 0 Å². The van der Waals surface area contributed by atoms with E-state index in [9.17, 15) is 14.7 Å². The first-order valence-corrected chi connectivity index (χ1v) is 5.05. The predicted octanol–water partition coefficient (Wildman–Crippen LogP) is 0.0690. The Morgan fingerprint density at radius 1 is 1.06 bits per heavy atom. The zero-order valence-corrected chi connectivity index (χ0v) is 9.41. The van der Waals surface area contributed by atoms with Crippen molar-refractivity contribution in [2.24, 2.45) is 0 Å². The van der Waals surface area contributed by atoms with Gasteiger partial charge in [-0.1, -0.05) is 6.07 Å². The maximum atomic E-state index is 10.6. The lowest BCUT2D eigenvalue weighted by Crippen LogP contribution is -2.33. The standard InChI is InChI=1S/C11H13NO6/c13-8-2-1-7(9(14)3-8)4-12(5-10(15)16)6-11(17)18/h1-3,13-14H,4-6H2,(H,15,16)(H,17,18). The molecule has 18 heavy (non-hydrogen) atoms. The van der Waals surface area contributed by atoms with Crippen molar-refractivity contribution < 1.29 is 30.0 Å². The molecule has 4 N–H and O–H groups in total. The first-order chi connectivity index (χ1) is 8.38. The van der Waals surface area contributed by atoms with Crippen LogP contribution in [0.2, 0.25) is 0 Å². The van der Waals surface area contributed by atoms with Crippen LogP contribution >= 0.6 is 0 Å². The highest BCUT2D eigenvalue weighted by molar-refractivity contribution is 5.72. The van der Waals surface area contributed by atoms with E-state index in [-0.39, 0.29) is 18.0 Å². The van der Waals surface area contributed by atoms with Gasteiger partial charge in [0.1, 0.15) is 11.5 Å². The SMILES string of the molecule is O=C(O)CN(CC(=O)O)Cc1ccc(O)cc1O. The third-order valence-electron chi connectivity index (χ3n) is 2.18. The van der Waals surface area contributed by atoms with Gasteiger partial charge in [-0.15, -0.1) is 0 Å². The van der Waals surface area contributed by atoms with E-state index in [2.05, 4.69) is 0 Å². The van der Waals surface area contributed by atoms with Crippen molar-refractivity contribution in [3.05, 3.63) is 23.8 Å². The number of rotatable bonds is 6. The maximum absolute atomic E-state index is 10.6. The summed E-state index contributed by atoms with van der Waals surface area (Å²) < 4.78 is 0. The van der Waals surface area contributed by atoms with Crippen molar-refractivity contribution in [2.75, 3.05) is 13.1 Å². The van der Waals surface area contributed by atoms with Crippen LogP contribution in [-0.4, -0.2) is 50.4 Å². The van der Waals surface area contributed by atoms with Gasteiger partial charge >= 0.3 is 11.9 Å². The van der Waals surface area contributed by atoms with Crippen LogP contribution in [0.1, 0.15) is 5.56 Å². The first-order valence-electron chi connectivity index (χ1n) is 5.05.